The second-order valence-corrected chi connectivity index (χ2v) is 7.73. The predicted molar refractivity (Wildman–Crippen MR) is 118 cm³/mol. The number of ether oxygens (including phenoxy) is 2. The molecule has 0 aliphatic carbocycles. The van der Waals surface area contributed by atoms with Gasteiger partial charge in [-0.05, 0) is 42.2 Å². The van der Waals surface area contributed by atoms with Crippen molar-refractivity contribution in [3.05, 3.63) is 82.0 Å². The quantitative estimate of drug-likeness (QED) is 0.392. The molecule has 7 nitrogen and oxygen atoms in total. The molecule has 2 aromatic carbocycles. The van der Waals surface area contributed by atoms with E-state index in [0.717, 1.165) is 22.4 Å². The summed E-state index contributed by atoms with van der Waals surface area (Å²) in [5.74, 6) is 1.75. The predicted octanol–water partition coefficient (Wildman–Crippen LogP) is 4.47. The molecule has 160 valence electrons. The van der Waals surface area contributed by atoms with Gasteiger partial charge in [-0.3, -0.25) is 0 Å². The molecule has 0 atom stereocenters. The highest BCUT2D eigenvalue weighted by Crippen LogP contribution is 2.28. The Bertz CT molecular complexity index is 1240. The number of aromatic nitrogens is 3. The molecule has 0 saturated carbocycles. The first-order chi connectivity index (χ1) is 15.0. The number of hydrogen-bond donors (Lipinski definition) is 0. The third kappa shape index (κ3) is 4.94. The Balaban J connectivity index is 1.36. The van der Waals surface area contributed by atoms with Crippen LogP contribution in [0.15, 0.2) is 63.9 Å². The number of para-hydroxylation sites is 1. The minimum atomic E-state index is -0.439. The van der Waals surface area contributed by atoms with Gasteiger partial charge < -0.3 is 13.9 Å². The van der Waals surface area contributed by atoms with Gasteiger partial charge in [0.15, 0.2) is 0 Å². The summed E-state index contributed by atoms with van der Waals surface area (Å²) in [4.78, 5) is 11.7. The second-order valence-electron chi connectivity index (χ2n) is 7.73. The van der Waals surface area contributed by atoms with Crippen molar-refractivity contribution in [1.29, 1.82) is 0 Å². The molecule has 7 heteroatoms. The van der Waals surface area contributed by atoms with E-state index in [1.807, 2.05) is 37.4 Å². The van der Waals surface area contributed by atoms with Crippen molar-refractivity contribution >= 4 is 11.0 Å². The lowest BCUT2D eigenvalue weighted by molar-refractivity contribution is 0.290. The van der Waals surface area contributed by atoms with E-state index in [4.69, 9.17) is 13.9 Å². The zero-order valence-corrected chi connectivity index (χ0v) is 17.9. The van der Waals surface area contributed by atoms with Gasteiger partial charge >= 0.3 is 5.63 Å². The minimum absolute atomic E-state index is 0.340. The summed E-state index contributed by atoms with van der Waals surface area (Å²) in [7, 11) is 0. The molecule has 0 bridgehead atoms. The van der Waals surface area contributed by atoms with Crippen LogP contribution in [0.1, 0.15) is 36.6 Å². The SMILES string of the molecule is Cc1ccc(C(C)C)c(OCc2cn(CCOc3cc(=O)oc4ccccc34)nn2)c1. The molecule has 0 unspecified atom stereocenters. The van der Waals surface area contributed by atoms with Crippen molar-refractivity contribution < 1.29 is 13.9 Å². The Labute approximate surface area is 180 Å². The zero-order valence-electron chi connectivity index (χ0n) is 17.9. The van der Waals surface area contributed by atoms with Crippen LogP contribution in [0.4, 0.5) is 0 Å². The molecular weight excluding hydrogens is 394 g/mol. The Morgan fingerprint density at radius 1 is 1.06 bits per heavy atom. The summed E-state index contributed by atoms with van der Waals surface area (Å²) in [6.45, 7) is 7.51. The fraction of sp³-hybridized carbons (Fsp3) is 0.292. The van der Waals surface area contributed by atoms with Crippen LogP contribution in [-0.2, 0) is 13.2 Å². The summed E-state index contributed by atoms with van der Waals surface area (Å²) in [6.07, 6.45) is 1.84. The Morgan fingerprint density at radius 2 is 1.90 bits per heavy atom. The minimum Gasteiger partial charge on any atom is -0.491 e. The highest BCUT2D eigenvalue weighted by atomic mass is 16.5. The van der Waals surface area contributed by atoms with Gasteiger partial charge in [-0.1, -0.05) is 43.3 Å². The molecule has 0 fully saturated rings. The highest BCUT2D eigenvalue weighted by Gasteiger charge is 2.10. The van der Waals surface area contributed by atoms with Crippen LogP contribution in [0.3, 0.4) is 0 Å². The normalized spacial score (nSPS) is 11.2. The first-order valence-electron chi connectivity index (χ1n) is 10.3. The number of benzene rings is 2. The van der Waals surface area contributed by atoms with Crippen molar-refractivity contribution in [2.45, 2.75) is 39.8 Å². The maximum Gasteiger partial charge on any atom is 0.339 e. The van der Waals surface area contributed by atoms with Gasteiger partial charge in [0.2, 0.25) is 0 Å². The van der Waals surface area contributed by atoms with Gasteiger partial charge in [0.05, 0.1) is 24.2 Å². The van der Waals surface area contributed by atoms with E-state index in [0.29, 0.717) is 37.0 Å². The van der Waals surface area contributed by atoms with Crippen LogP contribution < -0.4 is 15.1 Å². The summed E-state index contributed by atoms with van der Waals surface area (Å²) >= 11 is 0. The highest BCUT2D eigenvalue weighted by molar-refractivity contribution is 5.82. The van der Waals surface area contributed by atoms with Crippen LogP contribution in [0.2, 0.25) is 0 Å². The van der Waals surface area contributed by atoms with Crippen molar-refractivity contribution in [2.24, 2.45) is 0 Å². The molecule has 0 saturated heterocycles. The molecule has 0 amide bonds. The molecule has 2 aromatic heterocycles. The molecule has 31 heavy (non-hydrogen) atoms. The van der Waals surface area contributed by atoms with Gasteiger partial charge in [0.25, 0.3) is 0 Å². The van der Waals surface area contributed by atoms with Gasteiger partial charge in [-0.2, -0.15) is 0 Å². The maximum atomic E-state index is 11.7. The van der Waals surface area contributed by atoms with Crippen molar-refractivity contribution in [3.63, 3.8) is 0 Å². The van der Waals surface area contributed by atoms with Crippen LogP contribution in [0.5, 0.6) is 11.5 Å². The third-order valence-corrected chi connectivity index (χ3v) is 4.94. The third-order valence-electron chi connectivity index (χ3n) is 4.94. The smallest absolute Gasteiger partial charge is 0.339 e. The topological polar surface area (TPSA) is 79.4 Å². The molecule has 0 spiro atoms. The van der Waals surface area contributed by atoms with E-state index in [1.54, 1.807) is 10.7 Å². The molecule has 4 aromatic rings. The summed E-state index contributed by atoms with van der Waals surface area (Å²) in [5, 5.41) is 9.08. The van der Waals surface area contributed by atoms with E-state index < -0.39 is 5.63 Å². The molecular formula is C24H25N3O4. The fourth-order valence-electron chi connectivity index (χ4n) is 3.36. The van der Waals surface area contributed by atoms with Crippen molar-refractivity contribution in [2.75, 3.05) is 6.61 Å². The lowest BCUT2D eigenvalue weighted by Crippen LogP contribution is -2.10. The molecule has 4 rings (SSSR count). The fourth-order valence-corrected chi connectivity index (χ4v) is 3.36. The van der Waals surface area contributed by atoms with Gasteiger partial charge in [0, 0.05) is 0 Å². The molecule has 0 radical (unpaired) electrons. The Hall–Kier alpha value is -3.61. The maximum absolute atomic E-state index is 11.7. The number of aryl methyl sites for hydroxylation is 1. The second kappa shape index (κ2) is 9.04. The average molecular weight is 419 g/mol. The largest absolute Gasteiger partial charge is 0.491 e. The summed E-state index contributed by atoms with van der Waals surface area (Å²) in [6, 6.07) is 14.9. The van der Waals surface area contributed by atoms with Crippen molar-refractivity contribution in [3.8, 4) is 11.5 Å². The lowest BCUT2D eigenvalue weighted by atomic mass is 10.0. The Morgan fingerprint density at radius 3 is 2.74 bits per heavy atom. The lowest BCUT2D eigenvalue weighted by Gasteiger charge is -2.14. The summed E-state index contributed by atoms with van der Waals surface area (Å²) in [5.41, 5.74) is 3.13. The van der Waals surface area contributed by atoms with Gasteiger partial charge in [-0.25, -0.2) is 9.48 Å². The van der Waals surface area contributed by atoms with Crippen LogP contribution >= 0.6 is 0 Å². The van der Waals surface area contributed by atoms with Gasteiger partial charge in [-0.15, -0.1) is 5.10 Å². The van der Waals surface area contributed by atoms with E-state index in [2.05, 4.69) is 36.3 Å². The van der Waals surface area contributed by atoms with Crippen molar-refractivity contribution in [1.82, 2.24) is 15.0 Å². The molecule has 0 aliphatic rings. The summed E-state index contributed by atoms with van der Waals surface area (Å²) < 4.78 is 18.7. The number of nitrogens with zero attached hydrogens (tertiary/aromatic N) is 3. The molecule has 0 aliphatic heterocycles. The van der Waals surface area contributed by atoms with Gasteiger partial charge in [0.1, 0.15) is 36.0 Å². The number of rotatable bonds is 8. The zero-order chi connectivity index (χ0) is 21.8. The monoisotopic (exact) mass is 419 g/mol. The first kappa shape index (κ1) is 20.7. The standard InChI is InChI=1S/C24H25N3O4/c1-16(2)19-9-8-17(3)12-22(19)30-15-18-14-27(26-25-18)10-11-29-23-13-24(28)31-21-7-5-4-6-20(21)23/h4-9,12-14,16H,10-11,15H2,1-3H3. The molecule has 2 heterocycles. The van der Waals surface area contributed by atoms with Crippen LogP contribution in [0.25, 0.3) is 11.0 Å². The van der Waals surface area contributed by atoms with E-state index in [9.17, 15) is 4.79 Å². The Kier molecular flexibility index (Phi) is 6.02. The van der Waals surface area contributed by atoms with E-state index in [1.165, 1.54) is 11.6 Å². The van der Waals surface area contributed by atoms with Crippen LogP contribution in [-0.4, -0.2) is 21.6 Å². The van der Waals surface area contributed by atoms with E-state index in [-0.39, 0.29) is 0 Å². The van der Waals surface area contributed by atoms with Crippen LogP contribution in [0, 0.1) is 6.92 Å². The first-order valence-corrected chi connectivity index (χ1v) is 10.3. The number of hydrogen-bond acceptors (Lipinski definition) is 6. The average Bonchev–Trinajstić information content (AvgIpc) is 3.19. The van der Waals surface area contributed by atoms with E-state index >= 15 is 0 Å². The number of fused-ring (bicyclic) bond motifs is 1. The molecule has 0 N–H and O–H groups in total.